The van der Waals surface area contributed by atoms with Crippen LogP contribution in [0.25, 0.3) is 0 Å². The molecule has 1 unspecified atom stereocenters. The number of piperazine rings is 1. The summed E-state index contributed by atoms with van der Waals surface area (Å²) in [4.78, 5) is 2.23. The Bertz CT molecular complexity index is 623. The van der Waals surface area contributed by atoms with Gasteiger partial charge in [0.2, 0.25) is 10.0 Å². The zero-order chi connectivity index (χ0) is 15.1. The number of nitrogens with two attached hydrogens (primary N) is 1. The molecule has 0 saturated carbocycles. The van der Waals surface area contributed by atoms with E-state index in [1.165, 1.54) is 16.4 Å². The number of anilines is 1. The van der Waals surface area contributed by atoms with Crippen LogP contribution >= 0.6 is 27.5 Å². The highest BCUT2D eigenvalue weighted by molar-refractivity contribution is 9.10. The third-order valence-corrected chi connectivity index (χ3v) is 6.79. The molecule has 0 spiro atoms. The maximum atomic E-state index is 12.8. The molecule has 20 heavy (non-hydrogen) atoms. The Morgan fingerprint density at radius 1 is 1.40 bits per heavy atom. The van der Waals surface area contributed by atoms with E-state index in [-0.39, 0.29) is 10.9 Å². The number of likely N-dealkylation sites (N-methyl/N-ethyl adjacent to an activating group) is 1. The molecule has 1 aliphatic heterocycles. The Kier molecular flexibility index (Phi) is 4.66. The summed E-state index contributed by atoms with van der Waals surface area (Å²) in [6.45, 7) is 3.76. The molecular weight excluding hydrogens is 366 g/mol. The first kappa shape index (κ1) is 16.0. The maximum Gasteiger partial charge on any atom is 0.244 e. The van der Waals surface area contributed by atoms with Gasteiger partial charge in [-0.2, -0.15) is 4.31 Å². The minimum absolute atomic E-state index is 0.0918. The Morgan fingerprint density at radius 2 is 2.05 bits per heavy atom. The Hall–Kier alpha value is -0.340. The van der Waals surface area contributed by atoms with Crippen molar-refractivity contribution < 1.29 is 8.42 Å². The lowest BCUT2D eigenvalue weighted by Crippen LogP contribution is -2.52. The van der Waals surface area contributed by atoms with E-state index in [1.807, 2.05) is 14.0 Å². The van der Waals surface area contributed by atoms with E-state index in [0.29, 0.717) is 34.8 Å². The number of hydrogen-bond donors (Lipinski definition) is 1. The molecule has 8 heteroatoms. The number of nitrogen functional groups attached to an aromatic ring is 1. The zero-order valence-corrected chi connectivity index (χ0v) is 14.5. The van der Waals surface area contributed by atoms with Gasteiger partial charge in [-0.15, -0.1) is 0 Å². The van der Waals surface area contributed by atoms with Crippen molar-refractivity contribution in [2.24, 2.45) is 0 Å². The highest BCUT2D eigenvalue weighted by atomic mass is 79.9. The molecule has 1 atom stereocenters. The van der Waals surface area contributed by atoms with E-state index in [4.69, 9.17) is 17.3 Å². The van der Waals surface area contributed by atoms with Crippen LogP contribution in [-0.4, -0.2) is 50.3 Å². The van der Waals surface area contributed by atoms with Crippen LogP contribution < -0.4 is 5.73 Å². The molecule has 2 rings (SSSR count). The first-order valence-electron chi connectivity index (χ1n) is 6.18. The summed E-state index contributed by atoms with van der Waals surface area (Å²) in [7, 11) is -1.64. The standard InChI is InChI=1S/C12H17BrClN3O2S/c1-8-7-16(2)3-4-17(8)20(18,19)11-6-9(14)5-10(15)12(11)13/h5-6,8H,3-4,7,15H2,1-2H3. The second kappa shape index (κ2) is 5.81. The second-order valence-electron chi connectivity index (χ2n) is 5.03. The van der Waals surface area contributed by atoms with E-state index < -0.39 is 10.0 Å². The van der Waals surface area contributed by atoms with Crippen molar-refractivity contribution in [3.05, 3.63) is 21.6 Å². The Labute approximate surface area is 132 Å². The number of sulfonamides is 1. The van der Waals surface area contributed by atoms with Gasteiger partial charge in [-0.25, -0.2) is 8.42 Å². The predicted octanol–water partition coefficient (Wildman–Crippen LogP) is 2.01. The average Bonchev–Trinajstić information content (AvgIpc) is 2.33. The highest BCUT2D eigenvalue weighted by Crippen LogP contribution is 2.34. The smallest absolute Gasteiger partial charge is 0.244 e. The van der Waals surface area contributed by atoms with Crippen LogP contribution in [0.2, 0.25) is 5.02 Å². The van der Waals surface area contributed by atoms with Gasteiger partial charge in [0.1, 0.15) is 0 Å². The quantitative estimate of drug-likeness (QED) is 0.795. The Morgan fingerprint density at radius 3 is 2.65 bits per heavy atom. The van der Waals surface area contributed by atoms with Crippen molar-refractivity contribution in [1.29, 1.82) is 0 Å². The van der Waals surface area contributed by atoms with Gasteiger partial charge in [-0.05, 0) is 42.0 Å². The number of benzene rings is 1. The molecule has 1 fully saturated rings. The number of rotatable bonds is 2. The van der Waals surface area contributed by atoms with E-state index in [1.54, 1.807) is 0 Å². The molecule has 0 radical (unpaired) electrons. The van der Waals surface area contributed by atoms with Crippen molar-refractivity contribution in [3.8, 4) is 0 Å². The fourth-order valence-electron chi connectivity index (χ4n) is 2.38. The van der Waals surface area contributed by atoms with Gasteiger partial charge in [0.05, 0.1) is 9.37 Å². The summed E-state index contributed by atoms with van der Waals surface area (Å²) in [5, 5.41) is 0.311. The van der Waals surface area contributed by atoms with Crippen molar-refractivity contribution >= 4 is 43.2 Å². The lowest BCUT2D eigenvalue weighted by Gasteiger charge is -2.37. The predicted molar refractivity (Wildman–Crippen MR) is 84.4 cm³/mol. The van der Waals surface area contributed by atoms with Crippen LogP contribution in [0, 0.1) is 0 Å². The van der Waals surface area contributed by atoms with E-state index in [2.05, 4.69) is 20.8 Å². The van der Waals surface area contributed by atoms with Crippen molar-refractivity contribution in [3.63, 3.8) is 0 Å². The van der Waals surface area contributed by atoms with Gasteiger partial charge in [0, 0.05) is 36.4 Å². The van der Waals surface area contributed by atoms with Crippen LogP contribution in [-0.2, 0) is 10.0 Å². The number of halogens is 2. The lowest BCUT2D eigenvalue weighted by molar-refractivity contribution is 0.170. The second-order valence-corrected chi connectivity index (χ2v) is 8.12. The van der Waals surface area contributed by atoms with Gasteiger partial charge >= 0.3 is 0 Å². The summed E-state index contributed by atoms with van der Waals surface area (Å²) in [6.07, 6.45) is 0. The van der Waals surface area contributed by atoms with Crippen molar-refractivity contribution in [2.45, 2.75) is 17.9 Å². The molecule has 1 heterocycles. The summed E-state index contributed by atoms with van der Waals surface area (Å²) in [5.41, 5.74) is 6.10. The van der Waals surface area contributed by atoms with Crippen molar-refractivity contribution in [1.82, 2.24) is 9.21 Å². The third kappa shape index (κ3) is 2.96. The van der Waals surface area contributed by atoms with Crippen LogP contribution in [0.5, 0.6) is 0 Å². The van der Waals surface area contributed by atoms with Crippen molar-refractivity contribution in [2.75, 3.05) is 32.4 Å². The monoisotopic (exact) mass is 381 g/mol. The largest absolute Gasteiger partial charge is 0.398 e. The molecule has 112 valence electrons. The first-order valence-corrected chi connectivity index (χ1v) is 8.79. The fraction of sp³-hybridized carbons (Fsp3) is 0.500. The van der Waals surface area contributed by atoms with Crippen LogP contribution in [0.15, 0.2) is 21.5 Å². The highest BCUT2D eigenvalue weighted by Gasteiger charge is 2.34. The molecular formula is C12H17BrClN3O2S. The van der Waals surface area contributed by atoms with Gasteiger partial charge in [-0.3, -0.25) is 0 Å². The van der Waals surface area contributed by atoms with Gasteiger partial charge < -0.3 is 10.6 Å². The molecule has 2 N–H and O–H groups in total. The Balaban J connectivity index is 2.46. The molecule has 0 amide bonds. The molecule has 1 aromatic rings. The molecule has 0 bridgehead atoms. The average molecular weight is 383 g/mol. The van der Waals surface area contributed by atoms with Crippen LogP contribution in [0.4, 0.5) is 5.69 Å². The van der Waals surface area contributed by atoms with Crippen LogP contribution in [0.3, 0.4) is 0 Å². The van der Waals surface area contributed by atoms with E-state index in [9.17, 15) is 8.42 Å². The molecule has 5 nitrogen and oxygen atoms in total. The molecule has 0 aromatic heterocycles. The van der Waals surface area contributed by atoms with Gasteiger partial charge in [-0.1, -0.05) is 11.6 Å². The molecule has 0 aliphatic carbocycles. The van der Waals surface area contributed by atoms with Gasteiger partial charge in [0.15, 0.2) is 0 Å². The molecule has 1 aromatic carbocycles. The van der Waals surface area contributed by atoms with Gasteiger partial charge in [0.25, 0.3) is 0 Å². The molecule has 1 saturated heterocycles. The van der Waals surface area contributed by atoms with E-state index >= 15 is 0 Å². The normalized spacial score (nSPS) is 22.1. The molecule has 1 aliphatic rings. The summed E-state index contributed by atoms with van der Waals surface area (Å²) in [5.74, 6) is 0. The topological polar surface area (TPSA) is 66.6 Å². The SMILES string of the molecule is CC1CN(C)CCN1S(=O)(=O)c1cc(Cl)cc(N)c1Br. The fourth-order valence-corrected chi connectivity index (χ4v) is 5.25. The summed E-state index contributed by atoms with van der Waals surface area (Å²) < 4.78 is 27.5. The van der Waals surface area contributed by atoms with Crippen LogP contribution in [0.1, 0.15) is 6.92 Å². The first-order chi connectivity index (χ1) is 9.23. The van der Waals surface area contributed by atoms with E-state index in [0.717, 1.165) is 0 Å². The summed E-state index contributed by atoms with van der Waals surface area (Å²) in [6, 6.07) is 2.87. The number of hydrogen-bond acceptors (Lipinski definition) is 4. The minimum Gasteiger partial charge on any atom is -0.398 e. The lowest BCUT2D eigenvalue weighted by atomic mass is 10.2. The maximum absolute atomic E-state index is 12.8. The number of nitrogens with zero attached hydrogens (tertiary/aromatic N) is 2. The third-order valence-electron chi connectivity index (χ3n) is 3.39. The zero-order valence-electron chi connectivity index (χ0n) is 11.3. The summed E-state index contributed by atoms with van der Waals surface area (Å²) >= 11 is 9.18. The minimum atomic E-state index is -3.61.